The molecule has 1 aromatic carbocycles. The molecule has 0 atom stereocenters. The second-order valence-electron chi connectivity index (χ2n) is 4.02. The topological polar surface area (TPSA) is 65.7 Å². The Hall–Kier alpha value is -2.82. The number of esters is 2. The van der Waals surface area contributed by atoms with Crippen LogP contribution in [0, 0.1) is 0 Å². The Morgan fingerprint density at radius 1 is 1.24 bits per heavy atom. The number of hydrogen-bond donors (Lipinski definition) is 0. The lowest BCUT2D eigenvalue weighted by molar-refractivity contribution is -0.128. The van der Waals surface area contributed by atoms with Crippen LogP contribution in [0.5, 0.6) is 5.75 Å². The van der Waals surface area contributed by atoms with Gasteiger partial charge in [-0.3, -0.25) is 0 Å². The summed E-state index contributed by atoms with van der Waals surface area (Å²) in [6.07, 6.45) is 4.25. The Bertz CT molecular complexity index is 640. The first-order valence-electron chi connectivity index (χ1n) is 6.39. The summed E-state index contributed by atoms with van der Waals surface area (Å²) in [5.74, 6) is -0.198. The van der Waals surface area contributed by atoms with Gasteiger partial charge in [-0.25, -0.2) is 9.59 Å². The van der Waals surface area contributed by atoms with E-state index in [0.717, 1.165) is 0 Å². The van der Waals surface area contributed by atoms with Crippen molar-refractivity contribution >= 4 is 18.0 Å². The average Bonchev–Trinajstić information content (AvgIpc) is 2.99. The Balaban J connectivity index is 2.00. The Morgan fingerprint density at radius 2 is 2.10 bits per heavy atom. The largest absolute Gasteiger partial charge is 0.465 e. The predicted octanol–water partition coefficient (Wildman–Crippen LogP) is 3.08. The van der Waals surface area contributed by atoms with Gasteiger partial charge in [0.2, 0.25) is 0 Å². The van der Waals surface area contributed by atoms with Crippen LogP contribution in [0.25, 0.3) is 6.08 Å². The number of carbonyl (C=O) groups is 2. The molecule has 0 amide bonds. The van der Waals surface area contributed by atoms with Crippen molar-refractivity contribution < 1.29 is 23.5 Å². The van der Waals surface area contributed by atoms with Crippen molar-refractivity contribution in [3.05, 3.63) is 60.1 Å². The van der Waals surface area contributed by atoms with Crippen LogP contribution in [0.15, 0.2) is 53.2 Å². The minimum atomic E-state index is -0.563. The summed E-state index contributed by atoms with van der Waals surface area (Å²) in [4.78, 5) is 23.2. The molecule has 2 aromatic rings. The molecule has 21 heavy (non-hydrogen) atoms. The van der Waals surface area contributed by atoms with Gasteiger partial charge in [-0.15, -0.1) is 0 Å². The van der Waals surface area contributed by atoms with E-state index in [2.05, 4.69) is 0 Å². The third-order valence-corrected chi connectivity index (χ3v) is 2.49. The Morgan fingerprint density at radius 3 is 2.81 bits per heavy atom. The summed E-state index contributed by atoms with van der Waals surface area (Å²) in [7, 11) is 0. The van der Waals surface area contributed by atoms with E-state index in [9.17, 15) is 9.59 Å². The van der Waals surface area contributed by atoms with Gasteiger partial charge in [-0.1, -0.05) is 6.07 Å². The van der Waals surface area contributed by atoms with Gasteiger partial charge in [0.1, 0.15) is 11.5 Å². The molecule has 0 spiro atoms. The monoisotopic (exact) mass is 286 g/mol. The molecule has 0 aliphatic heterocycles. The normalized spacial score (nSPS) is 10.5. The van der Waals surface area contributed by atoms with Crippen LogP contribution in [0.2, 0.25) is 0 Å². The smallest absolute Gasteiger partial charge is 0.338 e. The van der Waals surface area contributed by atoms with Gasteiger partial charge in [0, 0.05) is 6.08 Å². The number of furan rings is 1. The van der Waals surface area contributed by atoms with E-state index in [1.54, 1.807) is 37.3 Å². The molecule has 0 radical (unpaired) electrons. The third-order valence-electron chi connectivity index (χ3n) is 2.49. The van der Waals surface area contributed by atoms with Gasteiger partial charge in [-0.05, 0) is 43.3 Å². The highest BCUT2D eigenvalue weighted by Crippen LogP contribution is 2.15. The fourth-order valence-electron chi connectivity index (χ4n) is 1.59. The van der Waals surface area contributed by atoms with E-state index in [1.165, 1.54) is 24.5 Å². The maximum atomic E-state index is 11.6. The average molecular weight is 286 g/mol. The number of rotatable bonds is 5. The van der Waals surface area contributed by atoms with E-state index in [0.29, 0.717) is 11.3 Å². The van der Waals surface area contributed by atoms with Crippen LogP contribution in [-0.4, -0.2) is 18.5 Å². The molecule has 1 heterocycles. The quantitative estimate of drug-likeness (QED) is 0.480. The highest BCUT2D eigenvalue weighted by atomic mass is 16.5. The van der Waals surface area contributed by atoms with E-state index in [4.69, 9.17) is 13.9 Å². The summed E-state index contributed by atoms with van der Waals surface area (Å²) >= 11 is 0. The number of carbonyl (C=O) groups excluding carboxylic acids is 2. The molecule has 0 aliphatic rings. The number of ether oxygens (including phenoxy) is 2. The molecule has 0 aliphatic carbocycles. The molecule has 5 heteroatoms. The molecule has 5 nitrogen and oxygen atoms in total. The second-order valence-corrected chi connectivity index (χ2v) is 4.02. The minimum Gasteiger partial charge on any atom is -0.465 e. The zero-order chi connectivity index (χ0) is 15.1. The molecular formula is C16H14O5. The number of benzene rings is 1. The molecule has 1 aromatic heterocycles. The van der Waals surface area contributed by atoms with Gasteiger partial charge in [0.15, 0.2) is 0 Å². The van der Waals surface area contributed by atoms with Crippen LogP contribution in [0.4, 0.5) is 0 Å². The van der Waals surface area contributed by atoms with Gasteiger partial charge < -0.3 is 13.9 Å². The first-order chi connectivity index (χ1) is 10.2. The lowest BCUT2D eigenvalue weighted by atomic mass is 10.2. The third kappa shape index (κ3) is 4.35. The predicted molar refractivity (Wildman–Crippen MR) is 75.8 cm³/mol. The zero-order valence-corrected chi connectivity index (χ0v) is 11.4. The summed E-state index contributed by atoms with van der Waals surface area (Å²) in [6, 6.07) is 9.68. The minimum absolute atomic E-state index is 0.273. The zero-order valence-electron chi connectivity index (χ0n) is 11.4. The van der Waals surface area contributed by atoms with Crippen molar-refractivity contribution in [1.82, 2.24) is 0 Å². The van der Waals surface area contributed by atoms with Crippen molar-refractivity contribution in [3.63, 3.8) is 0 Å². The van der Waals surface area contributed by atoms with E-state index in [-0.39, 0.29) is 12.4 Å². The van der Waals surface area contributed by atoms with Crippen LogP contribution < -0.4 is 4.74 Å². The van der Waals surface area contributed by atoms with Crippen LogP contribution in [-0.2, 0) is 9.53 Å². The van der Waals surface area contributed by atoms with Gasteiger partial charge in [0.25, 0.3) is 0 Å². The van der Waals surface area contributed by atoms with E-state index >= 15 is 0 Å². The lowest BCUT2D eigenvalue weighted by Gasteiger charge is -2.04. The van der Waals surface area contributed by atoms with Crippen molar-refractivity contribution in [3.8, 4) is 5.75 Å². The van der Waals surface area contributed by atoms with Gasteiger partial charge >= 0.3 is 11.9 Å². The molecule has 0 fully saturated rings. The van der Waals surface area contributed by atoms with Crippen LogP contribution in [0.3, 0.4) is 0 Å². The number of hydrogen-bond acceptors (Lipinski definition) is 5. The second kappa shape index (κ2) is 7.09. The maximum Gasteiger partial charge on any atom is 0.338 e. The first-order valence-corrected chi connectivity index (χ1v) is 6.39. The molecule has 0 saturated carbocycles. The van der Waals surface area contributed by atoms with E-state index in [1.807, 2.05) is 0 Å². The molecule has 0 saturated heterocycles. The molecule has 0 N–H and O–H groups in total. The van der Waals surface area contributed by atoms with Crippen molar-refractivity contribution in [2.75, 3.05) is 6.61 Å². The Kier molecular flexibility index (Phi) is 4.93. The Labute approximate surface area is 121 Å². The molecule has 2 rings (SSSR count). The SMILES string of the molecule is CCOC(=O)c1cccc(OC(=O)/C=C/c2ccco2)c1. The van der Waals surface area contributed by atoms with Gasteiger partial charge in [-0.2, -0.15) is 0 Å². The van der Waals surface area contributed by atoms with Crippen molar-refractivity contribution in [1.29, 1.82) is 0 Å². The molecular weight excluding hydrogens is 272 g/mol. The highest BCUT2D eigenvalue weighted by Gasteiger charge is 2.08. The molecule has 0 bridgehead atoms. The fraction of sp³-hybridized carbons (Fsp3) is 0.125. The summed E-state index contributed by atoms with van der Waals surface area (Å²) in [5, 5.41) is 0. The van der Waals surface area contributed by atoms with Crippen molar-refractivity contribution in [2.45, 2.75) is 6.92 Å². The first kappa shape index (κ1) is 14.6. The summed E-state index contributed by atoms with van der Waals surface area (Å²) in [6.45, 7) is 2.01. The van der Waals surface area contributed by atoms with Gasteiger partial charge in [0.05, 0.1) is 18.4 Å². The van der Waals surface area contributed by atoms with Crippen molar-refractivity contribution in [2.24, 2.45) is 0 Å². The molecule has 108 valence electrons. The lowest BCUT2D eigenvalue weighted by Crippen LogP contribution is -2.07. The summed E-state index contributed by atoms with van der Waals surface area (Å²) < 4.78 is 15.0. The van der Waals surface area contributed by atoms with E-state index < -0.39 is 11.9 Å². The fourth-order valence-corrected chi connectivity index (χ4v) is 1.59. The standard InChI is InChI=1S/C16H14O5/c1-2-19-16(18)12-5-3-6-14(11-12)21-15(17)9-8-13-7-4-10-20-13/h3-11H,2H2,1H3/b9-8+. The maximum absolute atomic E-state index is 11.6. The van der Waals surface area contributed by atoms with Crippen LogP contribution >= 0.6 is 0 Å². The van der Waals surface area contributed by atoms with Crippen LogP contribution in [0.1, 0.15) is 23.0 Å². The molecule has 0 unspecified atom stereocenters. The highest BCUT2D eigenvalue weighted by molar-refractivity contribution is 5.91. The summed E-state index contributed by atoms with van der Waals surface area (Å²) in [5.41, 5.74) is 0.331.